The Morgan fingerprint density at radius 2 is 1.73 bits per heavy atom. The molecule has 0 aliphatic heterocycles. The molecular weight excluding hydrogens is 315 g/mol. The minimum atomic E-state index is -4.32. The number of pyridine rings is 1. The number of halogens is 4. The van der Waals surface area contributed by atoms with Crippen molar-refractivity contribution in [3.8, 4) is 0 Å². The van der Waals surface area contributed by atoms with Crippen LogP contribution in [0.4, 0.5) is 24.7 Å². The number of hydrogen-bond acceptors (Lipinski definition) is 3. The Kier molecular flexibility index (Phi) is 4.63. The number of nitrogens with zero attached hydrogens (tertiary/aromatic N) is 1. The second kappa shape index (κ2) is 6.14. The summed E-state index contributed by atoms with van der Waals surface area (Å²) in [5, 5.41) is 2.97. The van der Waals surface area contributed by atoms with E-state index < -0.39 is 11.7 Å². The van der Waals surface area contributed by atoms with Crippen LogP contribution in [-0.4, -0.2) is 11.0 Å². The molecule has 1 aliphatic carbocycles. The van der Waals surface area contributed by atoms with E-state index in [4.69, 9.17) is 5.73 Å². The molecule has 118 valence electrons. The zero-order valence-electron chi connectivity index (χ0n) is 11.5. The second-order valence-electron chi connectivity index (χ2n) is 5.18. The van der Waals surface area contributed by atoms with Gasteiger partial charge in [0.1, 0.15) is 5.82 Å². The van der Waals surface area contributed by atoms with Gasteiger partial charge in [0.25, 0.3) is 0 Å². The van der Waals surface area contributed by atoms with Crippen LogP contribution in [0.15, 0.2) is 42.6 Å². The highest BCUT2D eigenvalue weighted by Crippen LogP contribution is 2.38. The number of alkyl halides is 3. The summed E-state index contributed by atoms with van der Waals surface area (Å²) in [7, 11) is 0. The standard InChI is InChI=1S/C15H14F3N3.ClH/c16-15(17,18)10-2-4-11(5-3-10)21-14-6-1-9(8-20-14)12-7-13(12)19;/h1-6,8,12-13H,7,19H2,(H,20,21);1H. The Morgan fingerprint density at radius 3 is 2.18 bits per heavy atom. The maximum atomic E-state index is 12.5. The van der Waals surface area contributed by atoms with Crippen LogP contribution < -0.4 is 11.1 Å². The lowest BCUT2D eigenvalue weighted by molar-refractivity contribution is -0.137. The van der Waals surface area contributed by atoms with Crippen molar-refractivity contribution in [1.82, 2.24) is 4.98 Å². The molecule has 1 fully saturated rings. The number of nitrogens with two attached hydrogens (primary N) is 1. The molecule has 7 heteroatoms. The van der Waals surface area contributed by atoms with Crippen molar-refractivity contribution in [3.05, 3.63) is 53.7 Å². The van der Waals surface area contributed by atoms with Gasteiger partial charge in [-0.05, 0) is 42.3 Å². The average Bonchev–Trinajstić information content (AvgIpc) is 3.16. The normalized spacial score (nSPS) is 20.2. The van der Waals surface area contributed by atoms with E-state index in [1.807, 2.05) is 6.07 Å². The number of anilines is 2. The van der Waals surface area contributed by atoms with E-state index in [2.05, 4.69) is 10.3 Å². The third kappa shape index (κ3) is 3.69. The summed E-state index contributed by atoms with van der Waals surface area (Å²) < 4.78 is 37.4. The molecule has 0 radical (unpaired) electrons. The number of hydrogen-bond donors (Lipinski definition) is 2. The predicted octanol–water partition coefficient (Wildman–Crippen LogP) is 4.08. The number of rotatable bonds is 3. The van der Waals surface area contributed by atoms with Gasteiger partial charge in [0.05, 0.1) is 5.56 Å². The molecule has 22 heavy (non-hydrogen) atoms. The van der Waals surface area contributed by atoms with Crippen LogP contribution in [0.1, 0.15) is 23.5 Å². The summed E-state index contributed by atoms with van der Waals surface area (Å²) in [4.78, 5) is 4.25. The Bertz CT molecular complexity index is 626. The van der Waals surface area contributed by atoms with Gasteiger partial charge in [0, 0.05) is 23.8 Å². The van der Waals surface area contributed by atoms with Gasteiger partial charge in [-0.15, -0.1) is 12.4 Å². The second-order valence-corrected chi connectivity index (χ2v) is 5.18. The predicted molar refractivity (Wildman–Crippen MR) is 81.5 cm³/mol. The minimum absolute atomic E-state index is 0. The first kappa shape index (κ1) is 16.6. The number of aromatic nitrogens is 1. The Labute approximate surface area is 132 Å². The van der Waals surface area contributed by atoms with E-state index in [-0.39, 0.29) is 18.4 Å². The summed E-state index contributed by atoms with van der Waals surface area (Å²) in [6.07, 6.45) is -1.58. The molecule has 2 aromatic rings. The molecule has 3 rings (SSSR count). The van der Waals surface area contributed by atoms with Crippen LogP contribution in [0.25, 0.3) is 0 Å². The van der Waals surface area contributed by atoms with Crippen LogP contribution in [-0.2, 0) is 6.18 Å². The minimum Gasteiger partial charge on any atom is -0.340 e. The molecule has 0 amide bonds. The Balaban J connectivity index is 0.00000176. The summed E-state index contributed by atoms with van der Waals surface area (Å²) in [5.74, 6) is 0.977. The molecule has 2 atom stereocenters. The Hall–Kier alpha value is -1.79. The summed E-state index contributed by atoms with van der Waals surface area (Å²) in [6, 6.07) is 8.82. The van der Waals surface area contributed by atoms with E-state index in [0.717, 1.165) is 24.1 Å². The van der Waals surface area contributed by atoms with Gasteiger partial charge in [0.2, 0.25) is 0 Å². The first-order valence-electron chi connectivity index (χ1n) is 6.59. The zero-order valence-corrected chi connectivity index (χ0v) is 12.3. The van der Waals surface area contributed by atoms with E-state index in [1.165, 1.54) is 12.1 Å². The topological polar surface area (TPSA) is 50.9 Å². The van der Waals surface area contributed by atoms with E-state index >= 15 is 0 Å². The van der Waals surface area contributed by atoms with Crippen LogP contribution in [0, 0.1) is 0 Å². The van der Waals surface area contributed by atoms with Crippen molar-refractivity contribution in [2.24, 2.45) is 5.73 Å². The van der Waals surface area contributed by atoms with Crippen molar-refractivity contribution in [2.75, 3.05) is 5.32 Å². The highest BCUT2D eigenvalue weighted by Gasteiger charge is 2.34. The zero-order chi connectivity index (χ0) is 15.0. The third-order valence-electron chi connectivity index (χ3n) is 3.54. The molecule has 1 aliphatic rings. The van der Waals surface area contributed by atoms with Crippen LogP contribution in [0.3, 0.4) is 0 Å². The highest BCUT2D eigenvalue weighted by atomic mass is 35.5. The van der Waals surface area contributed by atoms with Gasteiger partial charge in [0.15, 0.2) is 0 Å². The van der Waals surface area contributed by atoms with Crippen molar-refractivity contribution in [1.29, 1.82) is 0 Å². The summed E-state index contributed by atoms with van der Waals surface area (Å²) in [5.41, 5.74) is 6.77. The van der Waals surface area contributed by atoms with Crippen LogP contribution in [0.5, 0.6) is 0 Å². The first-order valence-corrected chi connectivity index (χ1v) is 6.59. The highest BCUT2D eigenvalue weighted by molar-refractivity contribution is 5.85. The lowest BCUT2D eigenvalue weighted by atomic mass is 10.2. The fourth-order valence-corrected chi connectivity index (χ4v) is 2.19. The molecule has 1 saturated carbocycles. The third-order valence-corrected chi connectivity index (χ3v) is 3.54. The molecule has 3 nitrogen and oxygen atoms in total. The van der Waals surface area contributed by atoms with Crippen molar-refractivity contribution >= 4 is 23.9 Å². The molecule has 1 heterocycles. The summed E-state index contributed by atoms with van der Waals surface area (Å²) in [6.45, 7) is 0. The van der Waals surface area contributed by atoms with Gasteiger partial charge >= 0.3 is 6.18 Å². The quantitative estimate of drug-likeness (QED) is 0.892. The van der Waals surface area contributed by atoms with Gasteiger partial charge in [-0.2, -0.15) is 13.2 Å². The maximum Gasteiger partial charge on any atom is 0.416 e. The van der Waals surface area contributed by atoms with Crippen LogP contribution >= 0.6 is 12.4 Å². The van der Waals surface area contributed by atoms with Gasteiger partial charge < -0.3 is 11.1 Å². The largest absolute Gasteiger partial charge is 0.416 e. The molecule has 1 aromatic heterocycles. The lowest BCUT2D eigenvalue weighted by Crippen LogP contribution is -2.04. The van der Waals surface area contributed by atoms with E-state index in [9.17, 15) is 13.2 Å². The van der Waals surface area contributed by atoms with Gasteiger partial charge in [-0.25, -0.2) is 4.98 Å². The fraction of sp³-hybridized carbons (Fsp3) is 0.267. The average molecular weight is 330 g/mol. The van der Waals surface area contributed by atoms with E-state index in [0.29, 0.717) is 17.4 Å². The number of benzene rings is 1. The van der Waals surface area contributed by atoms with E-state index in [1.54, 1.807) is 12.3 Å². The molecule has 2 unspecified atom stereocenters. The number of nitrogens with one attached hydrogen (secondary N) is 1. The molecule has 3 N–H and O–H groups in total. The lowest BCUT2D eigenvalue weighted by Gasteiger charge is -2.09. The van der Waals surface area contributed by atoms with Crippen LogP contribution in [0.2, 0.25) is 0 Å². The van der Waals surface area contributed by atoms with Crippen molar-refractivity contribution < 1.29 is 13.2 Å². The van der Waals surface area contributed by atoms with Crippen molar-refractivity contribution in [2.45, 2.75) is 24.6 Å². The fourth-order valence-electron chi connectivity index (χ4n) is 2.19. The molecular formula is C15H15ClF3N3. The molecule has 1 aromatic carbocycles. The van der Waals surface area contributed by atoms with Gasteiger partial charge in [-0.1, -0.05) is 6.07 Å². The smallest absolute Gasteiger partial charge is 0.340 e. The molecule has 0 spiro atoms. The Morgan fingerprint density at radius 1 is 1.09 bits per heavy atom. The summed E-state index contributed by atoms with van der Waals surface area (Å²) >= 11 is 0. The first-order chi connectivity index (χ1) is 9.93. The monoisotopic (exact) mass is 329 g/mol. The SMILES string of the molecule is Cl.NC1CC1c1ccc(Nc2ccc(C(F)(F)F)cc2)nc1. The molecule has 0 saturated heterocycles. The van der Waals surface area contributed by atoms with Crippen molar-refractivity contribution in [3.63, 3.8) is 0 Å². The maximum absolute atomic E-state index is 12.5. The van der Waals surface area contributed by atoms with Gasteiger partial charge in [-0.3, -0.25) is 0 Å². The molecule has 0 bridgehead atoms.